The van der Waals surface area contributed by atoms with Crippen molar-refractivity contribution in [3.05, 3.63) is 58.6 Å². The molecule has 2 N–H and O–H groups in total. The number of benzene rings is 2. The second-order valence-corrected chi connectivity index (χ2v) is 9.49. The zero-order valence-corrected chi connectivity index (χ0v) is 16.8. The molecule has 30 heavy (non-hydrogen) atoms. The van der Waals surface area contributed by atoms with Gasteiger partial charge in [0.1, 0.15) is 6.04 Å². The van der Waals surface area contributed by atoms with Gasteiger partial charge in [-0.25, -0.2) is 13.9 Å². The van der Waals surface area contributed by atoms with Gasteiger partial charge in [0, 0.05) is 18.2 Å². The van der Waals surface area contributed by atoms with Gasteiger partial charge in [-0.15, -0.1) is 0 Å². The van der Waals surface area contributed by atoms with Crippen molar-refractivity contribution in [2.24, 2.45) is 5.92 Å². The van der Waals surface area contributed by atoms with E-state index in [0.717, 1.165) is 18.4 Å². The molecule has 0 unspecified atom stereocenters. The van der Waals surface area contributed by atoms with E-state index < -0.39 is 26.9 Å². The summed E-state index contributed by atoms with van der Waals surface area (Å²) < 4.78 is 28.0. The van der Waals surface area contributed by atoms with Crippen LogP contribution in [0.25, 0.3) is 11.1 Å². The molecule has 10 heteroatoms. The molecule has 1 amide bonds. The lowest BCUT2D eigenvalue weighted by Gasteiger charge is -2.27. The molecule has 0 aromatic heterocycles. The number of carbonyl (C=O) groups is 1. The number of non-ortho nitro benzene ring substituents is 1. The highest BCUT2D eigenvalue weighted by Crippen LogP contribution is 2.44. The number of nitrogens with zero attached hydrogens (tertiary/aromatic N) is 2. The van der Waals surface area contributed by atoms with Crippen LogP contribution in [0, 0.1) is 16.0 Å². The monoisotopic (exact) mass is 431 g/mol. The number of nitrogens with one attached hydrogen (secondary N) is 1. The van der Waals surface area contributed by atoms with Crippen molar-refractivity contribution in [2.75, 3.05) is 0 Å². The Morgan fingerprint density at radius 1 is 1.07 bits per heavy atom. The van der Waals surface area contributed by atoms with E-state index in [2.05, 4.69) is 0 Å². The van der Waals surface area contributed by atoms with Crippen molar-refractivity contribution < 1.29 is 23.3 Å². The molecule has 1 heterocycles. The van der Waals surface area contributed by atoms with Crippen LogP contribution in [-0.2, 0) is 14.8 Å². The molecule has 1 saturated heterocycles. The van der Waals surface area contributed by atoms with Crippen molar-refractivity contribution in [2.45, 2.75) is 42.7 Å². The van der Waals surface area contributed by atoms with Crippen molar-refractivity contribution in [3.63, 3.8) is 0 Å². The Labute approximate surface area is 173 Å². The first kappa shape index (κ1) is 20.5. The van der Waals surface area contributed by atoms with Gasteiger partial charge in [0.05, 0.1) is 9.82 Å². The summed E-state index contributed by atoms with van der Waals surface area (Å²) in [5, 5.41) is 19.9. The van der Waals surface area contributed by atoms with Gasteiger partial charge < -0.3 is 0 Å². The number of hydroxylamine groups is 1. The molecule has 3 atom stereocenters. The van der Waals surface area contributed by atoms with Gasteiger partial charge in [0.15, 0.2) is 0 Å². The summed E-state index contributed by atoms with van der Waals surface area (Å²) in [7, 11) is -3.94. The number of hydrogen-bond acceptors (Lipinski definition) is 6. The van der Waals surface area contributed by atoms with Crippen LogP contribution in [-0.4, -0.2) is 40.8 Å². The van der Waals surface area contributed by atoms with Crippen LogP contribution >= 0.6 is 0 Å². The normalized spacial score (nSPS) is 23.8. The minimum Gasteiger partial charge on any atom is -0.289 e. The molecule has 1 aliphatic carbocycles. The fourth-order valence-corrected chi connectivity index (χ4v) is 6.48. The van der Waals surface area contributed by atoms with Crippen LogP contribution in [0.3, 0.4) is 0 Å². The van der Waals surface area contributed by atoms with Gasteiger partial charge in [-0.3, -0.25) is 20.1 Å². The number of hydrogen-bond donors (Lipinski definition) is 2. The Morgan fingerprint density at radius 2 is 1.67 bits per heavy atom. The van der Waals surface area contributed by atoms with Crippen molar-refractivity contribution in [1.82, 2.24) is 9.79 Å². The van der Waals surface area contributed by atoms with Gasteiger partial charge in [-0.05, 0) is 60.6 Å². The number of rotatable bonds is 5. The predicted molar refractivity (Wildman–Crippen MR) is 107 cm³/mol. The van der Waals surface area contributed by atoms with E-state index in [0.29, 0.717) is 18.4 Å². The smallest absolute Gasteiger partial charge is 0.269 e. The van der Waals surface area contributed by atoms with Gasteiger partial charge >= 0.3 is 0 Å². The third-order valence-corrected chi connectivity index (χ3v) is 7.98. The topological polar surface area (TPSA) is 130 Å². The zero-order chi connectivity index (χ0) is 21.5. The van der Waals surface area contributed by atoms with E-state index in [1.165, 1.54) is 28.6 Å². The van der Waals surface area contributed by atoms with E-state index in [9.17, 15) is 23.3 Å². The Bertz CT molecular complexity index is 1070. The van der Waals surface area contributed by atoms with E-state index in [1.54, 1.807) is 29.7 Å². The van der Waals surface area contributed by atoms with E-state index in [-0.39, 0.29) is 22.5 Å². The lowest BCUT2D eigenvalue weighted by molar-refractivity contribution is -0.384. The van der Waals surface area contributed by atoms with Crippen LogP contribution in [0.5, 0.6) is 0 Å². The molecule has 2 aliphatic rings. The fourth-order valence-electron chi connectivity index (χ4n) is 4.61. The average molecular weight is 431 g/mol. The molecule has 2 aromatic rings. The van der Waals surface area contributed by atoms with Crippen LogP contribution in [0.1, 0.15) is 25.7 Å². The average Bonchev–Trinajstić information content (AvgIpc) is 3.34. The first-order valence-corrected chi connectivity index (χ1v) is 11.1. The van der Waals surface area contributed by atoms with Crippen LogP contribution in [0.2, 0.25) is 0 Å². The first-order valence-electron chi connectivity index (χ1n) is 9.65. The summed E-state index contributed by atoms with van der Waals surface area (Å²) in [5.74, 6) is -0.600. The molecule has 9 nitrogen and oxygen atoms in total. The number of nitro groups is 1. The Hall–Kier alpha value is -2.82. The highest BCUT2D eigenvalue weighted by molar-refractivity contribution is 7.89. The summed E-state index contributed by atoms with van der Waals surface area (Å²) in [6.07, 6.45) is 2.87. The quantitative estimate of drug-likeness (QED) is 0.425. The largest absolute Gasteiger partial charge is 0.289 e. The second kappa shape index (κ2) is 7.78. The van der Waals surface area contributed by atoms with E-state index >= 15 is 0 Å². The number of carbonyl (C=O) groups excluding carboxylic acids is 1. The second-order valence-electron chi connectivity index (χ2n) is 7.65. The summed E-state index contributed by atoms with van der Waals surface area (Å²) in [4.78, 5) is 22.5. The molecule has 2 fully saturated rings. The standard InChI is InChI=1S/C20H21N3O6S/c24-20(21-25)19-12-15-2-1-3-18(15)22(19)30(28,29)17-10-6-14(7-11-17)13-4-8-16(9-5-13)23(26)27/h4-11,15,18-19,25H,1-3,12H2,(H,21,24)/t15-,18-,19-/m1/s1. The molecule has 2 aromatic carbocycles. The SMILES string of the molecule is O=C(NO)[C@H]1C[C@H]2CCC[C@H]2N1S(=O)(=O)c1ccc(-c2ccc([N+](=O)[O-])cc2)cc1. The van der Waals surface area contributed by atoms with E-state index in [1.807, 2.05) is 0 Å². The van der Waals surface area contributed by atoms with Crippen LogP contribution < -0.4 is 5.48 Å². The van der Waals surface area contributed by atoms with Crippen molar-refractivity contribution >= 4 is 21.6 Å². The summed E-state index contributed by atoms with van der Waals surface area (Å²) >= 11 is 0. The Kier molecular flexibility index (Phi) is 5.31. The summed E-state index contributed by atoms with van der Waals surface area (Å²) in [5.41, 5.74) is 3.02. The lowest BCUT2D eigenvalue weighted by Crippen LogP contribution is -2.48. The summed E-state index contributed by atoms with van der Waals surface area (Å²) in [6.45, 7) is 0. The van der Waals surface area contributed by atoms with Crippen LogP contribution in [0.4, 0.5) is 5.69 Å². The molecular weight excluding hydrogens is 410 g/mol. The number of sulfonamides is 1. The van der Waals surface area contributed by atoms with Gasteiger partial charge in [0.2, 0.25) is 10.0 Å². The highest BCUT2D eigenvalue weighted by atomic mass is 32.2. The molecule has 0 spiro atoms. The highest BCUT2D eigenvalue weighted by Gasteiger charge is 2.52. The van der Waals surface area contributed by atoms with Crippen molar-refractivity contribution in [1.29, 1.82) is 0 Å². The first-order chi connectivity index (χ1) is 14.3. The third-order valence-electron chi connectivity index (χ3n) is 6.03. The zero-order valence-electron chi connectivity index (χ0n) is 16.0. The molecule has 0 bridgehead atoms. The molecular formula is C20H21N3O6S. The van der Waals surface area contributed by atoms with Crippen LogP contribution in [0.15, 0.2) is 53.4 Å². The Morgan fingerprint density at radius 3 is 2.23 bits per heavy atom. The number of amides is 1. The molecule has 158 valence electrons. The van der Waals surface area contributed by atoms with Gasteiger partial charge in [0.25, 0.3) is 11.6 Å². The third kappa shape index (κ3) is 3.47. The Balaban J connectivity index is 1.63. The summed E-state index contributed by atoms with van der Waals surface area (Å²) in [6, 6.07) is 11.0. The maximum Gasteiger partial charge on any atom is 0.269 e. The molecule has 4 rings (SSSR count). The molecule has 1 saturated carbocycles. The maximum atomic E-state index is 13.4. The number of nitro benzene ring substituents is 1. The molecule has 0 radical (unpaired) electrons. The fraction of sp³-hybridized carbons (Fsp3) is 0.350. The number of fused-ring (bicyclic) bond motifs is 1. The van der Waals surface area contributed by atoms with Gasteiger partial charge in [-0.2, -0.15) is 4.31 Å². The van der Waals surface area contributed by atoms with E-state index in [4.69, 9.17) is 5.21 Å². The minimum atomic E-state index is -3.94. The van der Waals surface area contributed by atoms with Crippen molar-refractivity contribution in [3.8, 4) is 11.1 Å². The maximum absolute atomic E-state index is 13.4. The minimum absolute atomic E-state index is 0.0219. The lowest BCUT2D eigenvalue weighted by atomic mass is 10.0. The predicted octanol–water partition coefficient (Wildman–Crippen LogP) is 2.70. The van der Waals surface area contributed by atoms with Gasteiger partial charge in [-0.1, -0.05) is 18.6 Å². The molecule has 1 aliphatic heterocycles.